The van der Waals surface area contributed by atoms with Crippen molar-refractivity contribution in [3.63, 3.8) is 0 Å². The molecule has 2 fully saturated rings. The number of rotatable bonds is 10. The summed E-state index contributed by atoms with van der Waals surface area (Å²) in [5.74, 6) is 0.846. The van der Waals surface area contributed by atoms with Gasteiger partial charge in [-0.05, 0) is 56.3 Å². The Balaban J connectivity index is 1.73. The number of aliphatic carboxylic acids is 1. The van der Waals surface area contributed by atoms with Crippen LogP contribution in [0.3, 0.4) is 0 Å². The van der Waals surface area contributed by atoms with Crippen LogP contribution in [0.25, 0.3) is 0 Å². The van der Waals surface area contributed by atoms with Gasteiger partial charge in [0.05, 0.1) is 25.1 Å². The number of carbonyl (C=O) groups excluding carboxylic acids is 1. The van der Waals surface area contributed by atoms with Crippen molar-refractivity contribution in [2.75, 3.05) is 6.61 Å². The summed E-state index contributed by atoms with van der Waals surface area (Å²) in [6, 6.07) is -1.38. The van der Waals surface area contributed by atoms with Crippen LogP contribution in [0, 0.1) is 17.8 Å². The molecule has 2 rings (SSSR count). The third kappa shape index (κ3) is 5.28. The van der Waals surface area contributed by atoms with Crippen LogP contribution in [0.4, 0.5) is 0 Å². The number of amides is 1. The molecule has 6 nitrogen and oxygen atoms in total. The summed E-state index contributed by atoms with van der Waals surface area (Å²) in [6.45, 7) is -0.131. The van der Waals surface area contributed by atoms with Gasteiger partial charge in [0.25, 0.3) is 0 Å². The van der Waals surface area contributed by atoms with Crippen molar-refractivity contribution >= 4 is 11.9 Å². The van der Waals surface area contributed by atoms with E-state index in [2.05, 4.69) is 5.32 Å². The van der Waals surface area contributed by atoms with Crippen molar-refractivity contribution in [1.29, 1.82) is 0 Å². The van der Waals surface area contributed by atoms with Crippen LogP contribution >= 0.6 is 0 Å². The first-order valence-corrected chi connectivity index (χ1v) is 7.89. The number of nitrogens with two attached hydrogens (primary N) is 1. The molecule has 6 heteroatoms. The summed E-state index contributed by atoms with van der Waals surface area (Å²) in [7, 11) is 0. The van der Waals surface area contributed by atoms with Crippen LogP contribution in [0.15, 0.2) is 0 Å². The van der Waals surface area contributed by atoms with Crippen LogP contribution in [0.2, 0.25) is 0 Å². The Hall–Kier alpha value is -1.14. The zero-order valence-corrected chi connectivity index (χ0v) is 12.3. The minimum atomic E-state index is -1.10. The molecule has 0 spiro atoms. The topological polar surface area (TPSA) is 113 Å². The molecule has 0 aromatic rings. The maximum absolute atomic E-state index is 11.8. The number of aliphatic hydroxyl groups excluding tert-OH is 1. The molecule has 0 aromatic carbocycles. The summed E-state index contributed by atoms with van der Waals surface area (Å²) in [5, 5.41) is 20.7. The van der Waals surface area contributed by atoms with Gasteiger partial charge in [-0.15, -0.1) is 0 Å². The van der Waals surface area contributed by atoms with Gasteiger partial charge in [0.2, 0.25) is 5.91 Å². The summed E-state index contributed by atoms with van der Waals surface area (Å²) < 4.78 is 0. The van der Waals surface area contributed by atoms with Crippen LogP contribution in [0.5, 0.6) is 0 Å². The van der Waals surface area contributed by atoms with E-state index in [4.69, 9.17) is 10.8 Å². The molecule has 0 saturated heterocycles. The van der Waals surface area contributed by atoms with Crippen molar-refractivity contribution in [3.8, 4) is 0 Å². The Labute approximate surface area is 125 Å². The molecular formula is C15H26N2O4. The molecule has 2 aliphatic carbocycles. The van der Waals surface area contributed by atoms with Gasteiger partial charge in [0, 0.05) is 0 Å². The molecular weight excluding hydrogens is 272 g/mol. The lowest BCUT2D eigenvalue weighted by atomic mass is 9.91. The van der Waals surface area contributed by atoms with Gasteiger partial charge < -0.3 is 21.3 Å². The zero-order valence-electron chi connectivity index (χ0n) is 12.3. The van der Waals surface area contributed by atoms with E-state index in [1.165, 1.54) is 25.7 Å². The van der Waals surface area contributed by atoms with Crippen molar-refractivity contribution in [2.45, 2.75) is 57.0 Å². The maximum atomic E-state index is 11.8. The monoisotopic (exact) mass is 298 g/mol. The lowest BCUT2D eigenvalue weighted by Crippen LogP contribution is -2.47. The lowest BCUT2D eigenvalue weighted by Gasteiger charge is -2.22. The van der Waals surface area contributed by atoms with Crippen LogP contribution < -0.4 is 11.1 Å². The highest BCUT2D eigenvalue weighted by atomic mass is 16.4. The van der Waals surface area contributed by atoms with E-state index in [9.17, 15) is 14.7 Å². The molecule has 0 aromatic heterocycles. The normalized spacial score (nSPS) is 21.1. The van der Waals surface area contributed by atoms with Gasteiger partial charge in [0.15, 0.2) is 0 Å². The van der Waals surface area contributed by atoms with Crippen molar-refractivity contribution in [2.24, 2.45) is 23.5 Å². The number of nitrogens with one attached hydrogen (secondary N) is 1. The van der Waals surface area contributed by atoms with Crippen LogP contribution in [-0.4, -0.2) is 40.8 Å². The average Bonchev–Trinajstić information content (AvgIpc) is 3.28. The van der Waals surface area contributed by atoms with Crippen molar-refractivity contribution in [3.05, 3.63) is 0 Å². The number of hydrogen-bond acceptors (Lipinski definition) is 4. The highest BCUT2D eigenvalue weighted by Gasteiger charge is 2.41. The Morgan fingerprint density at radius 3 is 2.14 bits per heavy atom. The standard InChI is InChI=1S/C15H26N2O4/c16-13(7-14(19)20)15(21)17-11(8-18)5-6-12(9-1-2-9)10-3-4-10/h9-13,18H,1-8,16H2,(H,17,21)(H,19,20)/t11?,13-/m0/s1. The number of aliphatic hydroxyl groups is 1. The van der Waals surface area contributed by atoms with Crippen molar-refractivity contribution in [1.82, 2.24) is 5.32 Å². The Morgan fingerprint density at radius 1 is 1.14 bits per heavy atom. The fraction of sp³-hybridized carbons (Fsp3) is 0.867. The van der Waals surface area contributed by atoms with E-state index in [-0.39, 0.29) is 12.6 Å². The highest BCUT2D eigenvalue weighted by molar-refractivity contribution is 5.86. The van der Waals surface area contributed by atoms with Gasteiger partial charge in [0.1, 0.15) is 0 Å². The molecule has 2 aliphatic rings. The third-order valence-corrected chi connectivity index (χ3v) is 4.60. The molecule has 0 bridgehead atoms. The van der Waals surface area contributed by atoms with E-state index in [1.807, 2.05) is 0 Å². The first-order chi connectivity index (χ1) is 10.0. The summed E-state index contributed by atoms with van der Waals surface area (Å²) in [4.78, 5) is 22.3. The molecule has 0 radical (unpaired) electrons. The van der Waals surface area contributed by atoms with Crippen molar-refractivity contribution < 1.29 is 19.8 Å². The van der Waals surface area contributed by atoms with E-state index < -0.39 is 24.3 Å². The van der Waals surface area contributed by atoms with Gasteiger partial charge in [-0.1, -0.05) is 0 Å². The zero-order chi connectivity index (χ0) is 15.4. The Kier molecular flexibility index (Phi) is 5.58. The predicted octanol–water partition coefficient (Wildman–Crippen LogP) is 0.482. The van der Waals surface area contributed by atoms with E-state index in [0.29, 0.717) is 0 Å². The molecule has 0 aliphatic heterocycles. The molecule has 5 N–H and O–H groups in total. The molecule has 21 heavy (non-hydrogen) atoms. The largest absolute Gasteiger partial charge is 0.481 e. The van der Waals surface area contributed by atoms with E-state index in [0.717, 1.165) is 30.6 Å². The summed E-state index contributed by atoms with van der Waals surface area (Å²) in [6.07, 6.45) is 6.65. The lowest BCUT2D eigenvalue weighted by molar-refractivity contribution is -0.139. The van der Waals surface area contributed by atoms with E-state index >= 15 is 0 Å². The van der Waals surface area contributed by atoms with Gasteiger partial charge in [-0.2, -0.15) is 0 Å². The van der Waals surface area contributed by atoms with Crippen LogP contribution in [0.1, 0.15) is 44.9 Å². The first kappa shape index (κ1) is 16.2. The predicted molar refractivity (Wildman–Crippen MR) is 77.4 cm³/mol. The molecule has 1 unspecified atom stereocenters. The van der Waals surface area contributed by atoms with E-state index in [1.54, 1.807) is 0 Å². The Bertz CT molecular complexity index is 368. The molecule has 2 atom stereocenters. The number of carboxylic acids is 1. The smallest absolute Gasteiger partial charge is 0.305 e. The highest BCUT2D eigenvalue weighted by Crippen LogP contribution is 2.51. The fourth-order valence-corrected chi connectivity index (χ4v) is 3.10. The minimum Gasteiger partial charge on any atom is -0.481 e. The summed E-state index contributed by atoms with van der Waals surface area (Å²) in [5.41, 5.74) is 5.52. The molecule has 0 heterocycles. The number of carbonyl (C=O) groups is 2. The quantitative estimate of drug-likeness (QED) is 0.468. The third-order valence-electron chi connectivity index (χ3n) is 4.60. The number of hydrogen-bond donors (Lipinski definition) is 4. The molecule has 2 saturated carbocycles. The maximum Gasteiger partial charge on any atom is 0.305 e. The average molecular weight is 298 g/mol. The second kappa shape index (κ2) is 7.22. The second-order valence-electron chi connectivity index (χ2n) is 6.51. The second-order valence-corrected chi connectivity index (χ2v) is 6.51. The number of carboxylic acid groups (broad SMARTS) is 1. The minimum absolute atomic E-state index is 0.131. The van der Waals surface area contributed by atoms with Gasteiger partial charge >= 0.3 is 5.97 Å². The molecule has 1 amide bonds. The van der Waals surface area contributed by atoms with Gasteiger partial charge in [-0.25, -0.2) is 0 Å². The fourth-order valence-electron chi connectivity index (χ4n) is 3.10. The summed E-state index contributed by atoms with van der Waals surface area (Å²) >= 11 is 0. The van der Waals surface area contributed by atoms with Crippen LogP contribution in [-0.2, 0) is 9.59 Å². The van der Waals surface area contributed by atoms with Gasteiger partial charge in [-0.3, -0.25) is 9.59 Å². The SMILES string of the molecule is N[C@@H](CC(=O)O)C(=O)NC(CO)CCC(C1CC1)C1CC1. The molecule has 120 valence electrons. The Morgan fingerprint density at radius 2 is 1.71 bits per heavy atom. The first-order valence-electron chi connectivity index (χ1n) is 7.89.